The molecule has 0 unspecified atom stereocenters. The van der Waals surface area contributed by atoms with Crippen LogP contribution in [0.2, 0.25) is 0 Å². The second-order valence-electron chi connectivity index (χ2n) is 11.3. The monoisotopic (exact) mass is 690 g/mol. The zero-order valence-corrected chi connectivity index (χ0v) is 26.2. The second-order valence-corrected chi connectivity index (χ2v) is 12.4. The number of anilines is 2. The Bertz CT molecular complexity index is 1460. The summed E-state index contributed by atoms with van der Waals surface area (Å²) >= 11 is -0.303. The molecule has 1 aromatic heterocycles. The van der Waals surface area contributed by atoms with Gasteiger partial charge in [0.15, 0.2) is 0 Å². The Morgan fingerprint density at radius 2 is 1.57 bits per heavy atom. The van der Waals surface area contributed by atoms with Gasteiger partial charge in [-0.25, -0.2) is 19.5 Å². The van der Waals surface area contributed by atoms with Crippen LogP contribution in [0.15, 0.2) is 47.5 Å². The van der Waals surface area contributed by atoms with Crippen molar-refractivity contribution in [3.05, 3.63) is 48.2 Å². The Kier molecular flexibility index (Phi) is 11.1. The average molecular weight is 691 g/mol. The molecule has 4 amide bonds. The number of aromatic nitrogens is 1. The first-order valence-electron chi connectivity index (χ1n) is 14.4. The highest BCUT2D eigenvalue weighted by Crippen LogP contribution is 2.39. The lowest BCUT2D eigenvalue weighted by Gasteiger charge is -2.34. The van der Waals surface area contributed by atoms with Gasteiger partial charge in [-0.15, -0.1) is 0 Å². The lowest BCUT2D eigenvalue weighted by Crippen LogP contribution is -2.48. The second kappa shape index (κ2) is 14.5. The first-order valence-corrected chi connectivity index (χ1v) is 15.2. The number of imide groups is 1. The number of alkyl halides is 6. The quantitative estimate of drug-likeness (QED) is 0.158. The number of nitrogens with zero attached hydrogens (tertiary/aromatic N) is 5. The number of ether oxygens (including phenoxy) is 1. The van der Waals surface area contributed by atoms with Crippen molar-refractivity contribution in [2.45, 2.75) is 48.9 Å². The molecular formula is C29H32F6N6O5S. The number of pyridine rings is 1. The first kappa shape index (κ1) is 35.9. The van der Waals surface area contributed by atoms with E-state index in [-0.39, 0.29) is 60.2 Å². The fourth-order valence-electron chi connectivity index (χ4n) is 5.00. The minimum Gasteiger partial charge on any atom is -0.458 e. The maximum atomic E-state index is 13.4. The third-order valence-corrected chi connectivity index (χ3v) is 8.32. The highest BCUT2D eigenvalue weighted by atomic mass is 32.2. The largest absolute Gasteiger partial charge is 0.490 e. The van der Waals surface area contributed by atoms with Crippen LogP contribution < -0.4 is 10.2 Å². The summed E-state index contributed by atoms with van der Waals surface area (Å²) in [7, 11) is 0. The zero-order valence-electron chi connectivity index (χ0n) is 25.4. The molecule has 2 saturated heterocycles. The molecule has 11 nitrogen and oxygen atoms in total. The van der Waals surface area contributed by atoms with Crippen molar-refractivity contribution >= 4 is 47.1 Å². The summed E-state index contributed by atoms with van der Waals surface area (Å²) in [6, 6.07) is 7.48. The summed E-state index contributed by atoms with van der Waals surface area (Å²) in [5.41, 5.74) is -5.05. The number of benzene rings is 1. The molecule has 0 saturated carbocycles. The van der Waals surface area contributed by atoms with E-state index in [4.69, 9.17) is 0 Å². The summed E-state index contributed by atoms with van der Waals surface area (Å²) < 4.78 is 79.0. The molecule has 0 radical (unpaired) electrons. The molecule has 0 bridgehead atoms. The van der Waals surface area contributed by atoms with Crippen molar-refractivity contribution in [3.8, 4) is 0 Å². The first-order chi connectivity index (χ1) is 21.9. The van der Waals surface area contributed by atoms with E-state index in [1.165, 1.54) is 35.4 Å². The molecule has 1 aromatic carbocycles. The van der Waals surface area contributed by atoms with Gasteiger partial charge in [0, 0.05) is 63.3 Å². The fourth-order valence-corrected chi connectivity index (χ4v) is 5.54. The Hall–Kier alpha value is -3.90. The predicted molar refractivity (Wildman–Crippen MR) is 158 cm³/mol. The van der Waals surface area contributed by atoms with Crippen molar-refractivity contribution in [3.63, 3.8) is 0 Å². The molecule has 4 rings (SSSR count). The normalized spacial score (nSPS) is 17.7. The van der Waals surface area contributed by atoms with Crippen LogP contribution in [-0.4, -0.2) is 107 Å². The van der Waals surface area contributed by atoms with E-state index in [1.807, 2.05) is 9.80 Å². The van der Waals surface area contributed by atoms with E-state index < -0.39 is 35.1 Å². The summed E-state index contributed by atoms with van der Waals surface area (Å²) in [6.07, 6.45) is -3.44. The van der Waals surface area contributed by atoms with Crippen LogP contribution in [0.1, 0.15) is 25.8 Å². The Morgan fingerprint density at radius 1 is 0.957 bits per heavy atom. The van der Waals surface area contributed by atoms with E-state index in [2.05, 4.69) is 15.0 Å². The van der Waals surface area contributed by atoms with Gasteiger partial charge in [0.25, 0.3) is 5.91 Å². The molecule has 0 aliphatic carbocycles. The number of hydrogen-bond donors (Lipinski definition) is 1. The third-order valence-electron chi connectivity index (χ3n) is 7.58. The van der Waals surface area contributed by atoms with Gasteiger partial charge in [-0.05, 0) is 67.6 Å². The van der Waals surface area contributed by atoms with E-state index in [0.29, 0.717) is 38.3 Å². The van der Waals surface area contributed by atoms with Crippen LogP contribution in [-0.2, 0) is 25.7 Å². The van der Waals surface area contributed by atoms with E-state index in [0.717, 1.165) is 4.90 Å². The van der Waals surface area contributed by atoms with Crippen LogP contribution in [0, 0.1) is 0 Å². The third kappa shape index (κ3) is 9.57. The summed E-state index contributed by atoms with van der Waals surface area (Å²) in [5.74, 6) is -2.85. The van der Waals surface area contributed by atoms with Crippen molar-refractivity contribution in [1.82, 2.24) is 19.7 Å². The summed E-state index contributed by atoms with van der Waals surface area (Å²) in [6.45, 7) is 5.54. The topological polar surface area (TPSA) is 115 Å². The molecule has 0 spiro atoms. The molecule has 2 aromatic rings. The molecule has 256 valence electrons. The number of esters is 1. The van der Waals surface area contributed by atoms with Crippen molar-refractivity contribution in [2.75, 3.05) is 56.1 Å². The number of urea groups is 1. The molecule has 2 fully saturated rings. The predicted octanol–water partition coefficient (Wildman–Crippen LogP) is 4.49. The molecule has 1 N–H and O–H groups in total. The Morgan fingerprint density at radius 3 is 2.17 bits per heavy atom. The summed E-state index contributed by atoms with van der Waals surface area (Å²) in [5, 5.41) is 2.71. The number of thioether (sulfide) groups is 1. The molecule has 3 heterocycles. The van der Waals surface area contributed by atoms with Crippen LogP contribution in [0.4, 0.5) is 42.6 Å². The van der Waals surface area contributed by atoms with Gasteiger partial charge < -0.3 is 19.9 Å². The minimum atomic E-state index is -5.02. The number of halogens is 6. The van der Waals surface area contributed by atoms with Gasteiger partial charge in [-0.1, -0.05) is 0 Å². The van der Waals surface area contributed by atoms with Crippen molar-refractivity contribution < 1.29 is 50.3 Å². The molecule has 2 aliphatic heterocycles. The standard InChI is InChI=1S/C29H32F6N6O5S/c1-27(2)24(43)41(20-3-5-21(6-4-20)47-29(33,34)35)26(45)40(27)18-19-7-9-36-22(17-19)37-23(42)8-10-38-11-13-39(14-12-38)15-16-46-25(44)28(30,31)32/h3-7,9,17H,8,10-16,18H2,1-2H3,(H,36,37,42). The Labute approximate surface area is 270 Å². The van der Waals surface area contributed by atoms with Gasteiger partial charge in [0.05, 0.1) is 5.69 Å². The summed E-state index contributed by atoms with van der Waals surface area (Å²) in [4.78, 5) is 60.3. The number of rotatable bonds is 11. The van der Waals surface area contributed by atoms with Crippen molar-refractivity contribution in [2.24, 2.45) is 0 Å². The number of hydrogen-bond acceptors (Lipinski definition) is 9. The molecule has 18 heteroatoms. The Balaban J connectivity index is 1.26. The number of piperazine rings is 1. The fraction of sp³-hybridized carbons (Fsp3) is 0.483. The van der Waals surface area contributed by atoms with Crippen LogP contribution in [0.5, 0.6) is 0 Å². The molecule has 0 atom stereocenters. The number of amides is 4. The highest BCUT2D eigenvalue weighted by Gasteiger charge is 2.51. The van der Waals surface area contributed by atoms with Gasteiger partial charge in [0.1, 0.15) is 18.0 Å². The van der Waals surface area contributed by atoms with Gasteiger partial charge in [-0.2, -0.15) is 26.3 Å². The molecular weight excluding hydrogens is 658 g/mol. The van der Waals surface area contributed by atoms with Crippen LogP contribution >= 0.6 is 11.8 Å². The van der Waals surface area contributed by atoms with Gasteiger partial charge >= 0.3 is 23.7 Å². The number of nitrogens with one attached hydrogen (secondary N) is 1. The van der Waals surface area contributed by atoms with Gasteiger partial charge in [-0.3, -0.25) is 14.5 Å². The minimum absolute atomic E-state index is 0.0127. The SMILES string of the molecule is CC1(C)C(=O)N(c2ccc(SC(F)(F)F)cc2)C(=O)N1Cc1ccnc(NC(=O)CCN2CCN(CCOC(=O)C(F)(F)F)CC2)c1. The van der Waals surface area contributed by atoms with Crippen LogP contribution in [0.3, 0.4) is 0 Å². The van der Waals surface area contributed by atoms with Gasteiger partial charge in [0.2, 0.25) is 5.91 Å². The lowest BCUT2D eigenvalue weighted by atomic mass is 10.0. The van der Waals surface area contributed by atoms with E-state index >= 15 is 0 Å². The number of carbonyl (C=O) groups is 4. The maximum absolute atomic E-state index is 13.4. The maximum Gasteiger partial charge on any atom is 0.490 e. The lowest BCUT2D eigenvalue weighted by molar-refractivity contribution is -0.200. The van der Waals surface area contributed by atoms with E-state index in [1.54, 1.807) is 26.0 Å². The van der Waals surface area contributed by atoms with E-state index in [9.17, 15) is 45.5 Å². The smallest absolute Gasteiger partial charge is 0.458 e. The molecule has 47 heavy (non-hydrogen) atoms. The average Bonchev–Trinajstić information content (AvgIpc) is 3.15. The van der Waals surface area contributed by atoms with Crippen molar-refractivity contribution in [1.29, 1.82) is 0 Å². The highest BCUT2D eigenvalue weighted by molar-refractivity contribution is 8.00. The number of carbonyl (C=O) groups excluding carboxylic acids is 4. The molecule has 2 aliphatic rings. The van der Waals surface area contributed by atoms with Crippen LogP contribution in [0.25, 0.3) is 0 Å². The zero-order chi connectivity index (χ0) is 34.6.